The molecule has 0 amide bonds. The van der Waals surface area contributed by atoms with Crippen molar-refractivity contribution in [1.82, 2.24) is 4.98 Å². The van der Waals surface area contributed by atoms with Gasteiger partial charge < -0.3 is 5.11 Å². The Balaban J connectivity index is 2.15. The summed E-state index contributed by atoms with van der Waals surface area (Å²) in [4.78, 5) is 4.32. The Labute approximate surface area is 122 Å². The number of pyridine rings is 1. The molecule has 0 saturated heterocycles. The first-order chi connectivity index (χ1) is 9.65. The molecule has 20 heavy (non-hydrogen) atoms. The summed E-state index contributed by atoms with van der Waals surface area (Å²) < 4.78 is 0. The Kier molecular flexibility index (Phi) is 3.43. The van der Waals surface area contributed by atoms with Crippen LogP contribution in [-0.2, 0) is 0 Å². The second-order valence-electron chi connectivity index (χ2n) is 4.88. The Morgan fingerprint density at radius 3 is 2.75 bits per heavy atom. The molecule has 0 fully saturated rings. The van der Waals surface area contributed by atoms with Crippen molar-refractivity contribution in [3.8, 4) is 0 Å². The summed E-state index contributed by atoms with van der Waals surface area (Å²) in [5, 5.41) is 12.2. The van der Waals surface area contributed by atoms with Crippen LogP contribution in [-0.4, -0.2) is 10.1 Å². The first kappa shape index (κ1) is 13.1. The number of hydrogen-bond acceptors (Lipinski definition) is 2. The zero-order valence-electron chi connectivity index (χ0n) is 11.0. The van der Waals surface area contributed by atoms with Gasteiger partial charge in [-0.2, -0.15) is 0 Å². The summed E-state index contributed by atoms with van der Waals surface area (Å²) in [5.41, 5.74) is 3.55. The smallest absolute Gasteiger partial charge is 0.105 e. The third-order valence-corrected chi connectivity index (χ3v) is 3.57. The number of hydrogen-bond donors (Lipinski definition) is 1. The maximum atomic E-state index is 10.7. The van der Waals surface area contributed by atoms with Crippen molar-refractivity contribution in [3.63, 3.8) is 0 Å². The fourth-order valence-electron chi connectivity index (χ4n) is 2.47. The fourth-order valence-corrected chi connectivity index (χ4v) is 2.77. The molecule has 1 unspecified atom stereocenters. The molecule has 0 aliphatic heterocycles. The number of fused-ring (bicyclic) bond motifs is 1. The average Bonchev–Trinajstić information content (AvgIpc) is 2.45. The Bertz CT molecular complexity index is 744. The third-order valence-electron chi connectivity index (χ3n) is 3.35. The van der Waals surface area contributed by atoms with E-state index in [1.807, 2.05) is 49.4 Å². The monoisotopic (exact) mass is 283 g/mol. The fraction of sp³-hybridized carbons (Fsp3) is 0.118. The van der Waals surface area contributed by atoms with Gasteiger partial charge in [-0.3, -0.25) is 4.98 Å². The van der Waals surface area contributed by atoms with E-state index in [2.05, 4.69) is 4.98 Å². The van der Waals surface area contributed by atoms with Gasteiger partial charge in [-0.05, 0) is 47.9 Å². The van der Waals surface area contributed by atoms with Gasteiger partial charge >= 0.3 is 0 Å². The highest BCUT2D eigenvalue weighted by Gasteiger charge is 2.14. The molecule has 3 rings (SSSR count). The minimum atomic E-state index is -0.708. The number of nitrogens with zero attached hydrogens (tertiary/aromatic N) is 1. The largest absolute Gasteiger partial charge is 0.384 e. The van der Waals surface area contributed by atoms with Crippen molar-refractivity contribution in [2.24, 2.45) is 0 Å². The van der Waals surface area contributed by atoms with Crippen LogP contribution in [0.2, 0.25) is 5.02 Å². The van der Waals surface area contributed by atoms with E-state index in [1.165, 1.54) is 0 Å². The second kappa shape index (κ2) is 5.23. The SMILES string of the molecule is Cc1cc(Cl)cc(C(O)c2cccc3ncccc23)c1. The van der Waals surface area contributed by atoms with Gasteiger partial charge in [0, 0.05) is 16.6 Å². The molecule has 0 saturated carbocycles. The van der Waals surface area contributed by atoms with E-state index in [0.717, 1.165) is 27.6 Å². The number of aromatic nitrogens is 1. The molecule has 1 N–H and O–H groups in total. The molecule has 1 aromatic heterocycles. The van der Waals surface area contributed by atoms with Crippen LogP contribution in [0, 0.1) is 6.92 Å². The second-order valence-corrected chi connectivity index (χ2v) is 5.32. The van der Waals surface area contributed by atoms with E-state index in [9.17, 15) is 5.11 Å². The van der Waals surface area contributed by atoms with E-state index >= 15 is 0 Å². The lowest BCUT2D eigenvalue weighted by molar-refractivity contribution is 0.222. The zero-order chi connectivity index (χ0) is 14.1. The van der Waals surface area contributed by atoms with Gasteiger partial charge in [0.1, 0.15) is 6.10 Å². The van der Waals surface area contributed by atoms with Gasteiger partial charge in [-0.1, -0.05) is 35.9 Å². The van der Waals surface area contributed by atoms with Crippen LogP contribution in [0.25, 0.3) is 10.9 Å². The summed E-state index contributed by atoms with van der Waals surface area (Å²) in [6.45, 7) is 1.97. The highest BCUT2D eigenvalue weighted by atomic mass is 35.5. The summed E-state index contributed by atoms with van der Waals surface area (Å²) in [5.74, 6) is 0. The van der Waals surface area contributed by atoms with Gasteiger partial charge in [0.2, 0.25) is 0 Å². The van der Waals surface area contributed by atoms with E-state index in [-0.39, 0.29) is 0 Å². The summed E-state index contributed by atoms with van der Waals surface area (Å²) in [7, 11) is 0. The molecule has 1 atom stereocenters. The molecular formula is C17H14ClNO. The normalized spacial score (nSPS) is 12.6. The highest BCUT2D eigenvalue weighted by molar-refractivity contribution is 6.30. The van der Waals surface area contributed by atoms with Crippen molar-refractivity contribution >= 4 is 22.5 Å². The lowest BCUT2D eigenvalue weighted by atomic mass is 9.96. The van der Waals surface area contributed by atoms with E-state index in [4.69, 9.17) is 11.6 Å². The van der Waals surface area contributed by atoms with Crippen LogP contribution < -0.4 is 0 Å². The molecule has 2 nitrogen and oxygen atoms in total. The van der Waals surface area contributed by atoms with Crippen molar-refractivity contribution in [2.75, 3.05) is 0 Å². The first-order valence-electron chi connectivity index (χ1n) is 6.44. The minimum Gasteiger partial charge on any atom is -0.384 e. The number of aliphatic hydroxyl groups is 1. The lowest BCUT2D eigenvalue weighted by Crippen LogP contribution is -2.01. The van der Waals surface area contributed by atoms with Crippen LogP contribution >= 0.6 is 11.6 Å². The molecule has 100 valence electrons. The van der Waals surface area contributed by atoms with E-state index in [0.29, 0.717) is 5.02 Å². The van der Waals surface area contributed by atoms with Gasteiger partial charge in [0.15, 0.2) is 0 Å². The standard InChI is InChI=1S/C17H14ClNO/c1-11-8-12(10-13(18)9-11)17(20)15-4-2-6-16-14(15)5-3-7-19-16/h2-10,17,20H,1H3. The summed E-state index contributed by atoms with van der Waals surface area (Å²) in [6, 6.07) is 15.2. The number of benzene rings is 2. The molecule has 3 heteroatoms. The van der Waals surface area contributed by atoms with Crippen LogP contribution in [0.5, 0.6) is 0 Å². The molecule has 3 aromatic rings. The van der Waals surface area contributed by atoms with Crippen LogP contribution in [0.4, 0.5) is 0 Å². The topological polar surface area (TPSA) is 33.1 Å². The molecule has 1 heterocycles. The van der Waals surface area contributed by atoms with Gasteiger partial charge in [0.25, 0.3) is 0 Å². The summed E-state index contributed by atoms with van der Waals surface area (Å²) in [6.07, 6.45) is 1.04. The first-order valence-corrected chi connectivity index (χ1v) is 6.82. The van der Waals surface area contributed by atoms with Crippen molar-refractivity contribution in [2.45, 2.75) is 13.0 Å². The predicted octanol–water partition coefficient (Wildman–Crippen LogP) is 4.28. The van der Waals surface area contributed by atoms with Crippen molar-refractivity contribution in [3.05, 3.63) is 76.4 Å². The number of aryl methyl sites for hydroxylation is 1. The number of halogens is 1. The highest BCUT2D eigenvalue weighted by Crippen LogP contribution is 2.30. The van der Waals surface area contributed by atoms with Crippen molar-refractivity contribution in [1.29, 1.82) is 0 Å². The molecule has 0 radical (unpaired) electrons. The van der Waals surface area contributed by atoms with E-state index in [1.54, 1.807) is 12.3 Å². The molecule has 0 aliphatic rings. The third kappa shape index (κ3) is 2.40. The zero-order valence-corrected chi connectivity index (χ0v) is 11.8. The van der Waals surface area contributed by atoms with Gasteiger partial charge in [0.05, 0.1) is 5.52 Å². The average molecular weight is 284 g/mol. The maximum absolute atomic E-state index is 10.7. The minimum absolute atomic E-state index is 0.636. The van der Waals surface area contributed by atoms with Gasteiger partial charge in [-0.15, -0.1) is 0 Å². The van der Waals surface area contributed by atoms with Crippen molar-refractivity contribution < 1.29 is 5.11 Å². The van der Waals surface area contributed by atoms with Crippen LogP contribution in [0.1, 0.15) is 22.8 Å². The molecule has 2 aromatic carbocycles. The van der Waals surface area contributed by atoms with Gasteiger partial charge in [-0.25, -0.2) is 0 Å². The molecule has 0 bridgehead atoms. The quantitative estimate of drug-likeness (QED) is 0.761. The maximum Gasteiger partial charge on any atom is 0.105 e. The van der Waals surface area contributed by atoms with E-state index < -0.39 is 6.10 Å². The Hall–Kier alpha value is -1.90. The Morgan fingerprint density at radius 1 is 1.10 bits per heavy atom. The number of aliphatic hydroxyl groups excluding tert-OH is 1. The van der Waals surface area contributed by atoms with Crippen LogP contribution in [0.3, 0.4) is 0 Å². The van der Waals surface area contributed by atoms with Crippen LogP contribution in [0.15, 0.2) is 54.7 Å². The predicted molar refractivity (Wildman–Crippen MR) is 82.0 cm³/mol. The lowest BCUT2D eigenvalue weighted by Gasteiger charge is -2.15. The summed E-state index contributed by atoms with van der Waals surface area (Å²) >= 11 is 6.08. The molecular weight excluding hydrogens is 270 g/mol. The molecule has 0 aliphatic carbocycles. The number of rotatable bonds is 2. The Morgan fingerprint density at radius 2 is 1.95 bits per heavy atom. The molecule has 0 spiro atoms.